The van der Waals surface area contributed by atoms with Crippen LogP contribution in [0.4, 0.5) is 0 Å². The number of amides is 1. The molecule has 98 valence electrons. The molecule has 5 nitrogen and oxygen atoms in total. The Morgan fingerprint density at radius 1 is 1.53 bits per heavy atom. The maximum atomic E-state index is 11.7. The summed E-state index contributed by atoms with van der Waals surface area (Å²) >= 11 is 0. The van der Waals surface area contributed by atoms with Crippen LogP contribution in [0.3, 0.4) is 0 Å². The average Bonchev–Trinajstić information content (AvgIpc) is 2.58. The Morgan fingerprint density at radius 2 is 2.18 bits per heavy atom. The molecule has 0 radical (unpaired) electrons. The summed E-state index contributed by atoms with van der Waals surface area (Å²) in [6.07, 6.45) is 0.759. The van der Waals surface area contributed by atoms with Gasteiger partial charge in [0.05, 0.1) is 12.6 Å². The Hall–Kier alpha value is -1.10. The van der Waals surface area contributed by atoms with Crippen molar-refractivity contribution in [3.63, 3.8) is 0 Å². The van der Waals surface area contributed by atoms with Crippen molar-refractivity contribution in [1.82, 2.24) is 10.2 Å². The van der Waals surface area contributed by atoms with Crippen LogP contribution in [0.1, 0.15) is 34.1 Å². The number of carbonyl (C=O) groups is 2. The molecule has 1 heterocycles. The van der Waals surface area contributed by atoms with Crippen molar-refractivity contribution in [3.8, 4) is 0 Å². The maximum Gasteiger partial charge on any atom is 0.320 e. The van der Waals surface area contributed by atoms with Crippen molar-refractivity contribution in [2.45, 2.75) is 45.8 Å². The van der Waals surface area contributed by atoms with Gasteiger partial charge in [-0.2, -0.15) is 0 Å². The molecule has 5 heteroatoms. The first-order valence-electron chi connectivity index (χ1n) is 6.07. The molecular weight excluding hydrogens is 220 g/mol. The minimum atomic E-state index is -0.478. The van der Waals surface area contributed by atoms with E-state index in [9.17, 15) is 9.59 Å². The zero-order valence-corrected chi connectivity index (χ0v) is 11.1. The van der Waals surface area contributed by atoms with Gasteiger partial charge in [0.2, 0.25) is 5.91 Å². The minimum Gasteiger partial charge on any atom is -0.459 e. The van der Waals surface area contributed by atoms with Gasteiger partial charge >= 0.3 is 5.97 Å². The highest BCUT2D eigenvalue weighted by Gasteiger charge is 2.31. The molecule has 1 saturated heterocycles. The molecule has 1 atom stereocenters. The fourth-order valence-corrected chi connectivity index (χ4v) is 1.91. The van der Waals surface area contributed by atoms with Crippen molar-refractivity contribution in [3.05, 3.63) is 0 Å². The van der Waals surface area contributed by atoms with E-state index in [4.69, 9.17) is 4.74 Å². The van der Waals surface area contributed by atoms with Gasteiger partial charge in [0.1, 0.15) is 5.60 Å². The Bertz CT molecular complexity index is 297. The van der Waals surface area contributed by atoms with Crippen molar-refractivity contribution in [1.29, 1.82) is 0 Å². The minimum absolute atomic E-state index is 0.00964. The van der Waals surface area contributed by atoms with Gasteiger partial charge in [0.25, 0.3) is 0 Å². The molecule has 1 aliphatic rings. The first kappa shape index (κ1) is 14.0. The van der Waals surface area contributed by atoms with Crippen molar-refractivity contribution in [2.24, 2.45) is 0 Å². The SMILES string of the molecule is CCN(CC(=O)OC(C)(C)C)[C@@H]1CCNC1=O. The lowest BCUT2D eigenvalue weighted by Crippen LogP contribution is -2.44. The van der Waals surface area contributed by atoms with Crippen molar-refractivity contribution >= 4 is 11.9 Å². The van der Waals surface area contributed by atoms with Crippen LogP contribution < -0.4 is 5.32 Å². The molecule has 1 rings (SSSR count). The Kier molecular flexibility index (Phi) is 4.51. The Labute approximate surface area is 102 Å². The fourth-order valence-electron chi connectivity index (χ4n) is 1.91. The van der Waals surface area contributed by atoms with E-state index in [1.165, 1.54) is 0 Å². The molecule has 1 aliphatic heterocycles. The molecule has 17 heavy (non-hydrogen) atoms. The summed E-state index contributed by atoms with van der Waals surface area (Å²) in [5.74, 6) is -0.269. The zero-order chi connectivity index (χ0) is 13.1. The van der Waals surface area contributed by atoms with E-state index in [1.807, 2.05) is 32.6 Å². The van der Waals surface area contributed by atoms with Gasteiger partial charge in [-0.1, -0.05) is 6.92 Å². The molecule has 1 N–H and O–H groups in total. The normalized spacial score (nSPS) is 20.5. The monoisotopic (exact) mass is 242 g/mol. The highest BCUT2D eigenvalue weighted by atomic mass is 16.6. The van der Waals surface area contributed by atoms with Gasteiger partial charge in [-0.25, -0.2) is 0 Å². The van der Waals surface area contributed by atoms with Crippen LogP contribution in [0.15, 0.2) is 0 Å². The van der Waals surface area contributed by atoms with E-state index in [1.54, 1.807) is 0 Å². The number of likely N-dealkylation sites (N-methyl/N-ethyl adjacent to an activating group) is 1. The summed E-state index contributed by atoms with van der Waals surface area (Å²) in [4.78, 5) is 25.1. The number of rotatable bonds is 4. The molecule has 0 aromatic heterocycles. The maximum absolute atomic E-state index is 11.7. The topological polar surface area (TPSA) is 58.6 Å². The van der Waals surface area contributed by atoms with Gasteiger partial charge in [-0.05, 0) is 33.7 Å². The lowest BCUT2D eigenvalue weighted by molar-refractivity contribution is -0.156. The highest BCUT2D eigenvalue weighted by molar-refractivity contribution is 5.84. The zero-order valence-electron chi connectivity index (χ0n) is 11.1. The Balaban J connectivity index is 2.52. The van der Waals surface area contributed by atoms with Crippen LogP contribution in [0.25, 0.3) is 0 Å². The van der Waals surface area contributed by atoms with Crippen LogP contribution >= 0.6 is 0 Å². The number of esters is 1. The third-order valence-electron chi connectivity index (χ3n) is 2.62. The fraction of sp³-hybridized carbons (Fsp3) is 0.833. The molecular formula is C12H22N2O3. The number of nitrogens with zero attached hydrogens (tertiary/aromatic N) is 1. The van der Waals surface area contributed by atoms with Crippen LogP contribution in [0, 0.1) is 0 Å². The van der Waals surface area contributed by atoms with E-state index < -0.39 is 5.60 Å². The molecule has 0 unspecified atom stereocenters. The molecule has 0 aromatic rings. The van der Waals surface area contributed by atoms with Gasteiger partial charge in [0.15, 0.2) is 0 Å². The summed E-state index contributed by atoms with van der Waals surface area (Å²) in [5.41, 5.74) is -0.478. The molecule has 0 aliphatic carbocycles. The predicted molar refractivity (Wildman–Crippen MR) is 64.5 cm³/mol. The van der Waals surface area contributed by atoms with Gasteiger partial charge < -0.3 is 10.1 Å². The molecule has 1 amide bonds. The summed E-state index contributed by atoms with van der Waals surface area (Å²) in [5, 5.41) is 2.77. The lowest BCUT2D eigenvalue weighted by Gasteiger charge is -2.26. The van der Waals surface area contributed by atoms with E-state index in [0.29, 0.717) is 13.1 Å². The van der Waals surface area contributed by atoms with E-state index in [0.717, 1.165) is 6.42 Å². The summed E-state index contributed by atoms with van der Waals surface area (Å²) in [7, 11) is 0. The first-order valence-corrected chi connectivity index (χ1v) is 6.07. The standard InChI is InChI=1S/C12H22N2O3/c1-5-14(9-6-7-13-11(9)16)8-10(15)17-12(2,3)4/h9H,5-8H2,1-4H3,(H,13,16)/t9-/m1/s1. The summed E-state index contributed by atoms with van der Waals surface area (Å²) < 4.78 is 5.25. The predicted octanol–water partition coefficient (Wildman–Crippen LogP) is 0.539. The number of nitrogens with one attached hydrogen (secondary N) is 1. The number of ether oxygens (including phenoxy) is 1. The van der Waals surface area contributed by atoms with Crippen molar-refractivity contribution < 1.29 is 14.3 Å². The Morgan fingerprint density at radius 3 is 2.59 bits per heavy atom. The van der Waals surface area contributed by atoms with Gasteiger partial charge in [0, 0.05) is 6.54 Å². The quantitative estimate of drug-likeness (QED) is 0.731. The van der Waals surface area contributed by atoms with Crippen LogP contribution in [0.2, 0.25) is 0 Å². The molecule has 0 spiro atoms. The summed E-state index contributed by atoms with van der Waals surface area (Å²) in [6.45, 7) is 8.98. The average molecular weight is 242 g/mol. The van der Waals surface area contributed by atoms with Crippen LogP contribution in [-0.4, -0.2) is 48.1 Å². The van der Waals surface area contributed by atoms with Gasteiger partial charge in [-0.3, -0.25) is 14.5 Å². The van der Waals surface area contributed by atoms with E-state index in [-0.39, 0.29) is 24.5 Å². The second-order valence-corrected chi connectivity index (χ2v) is 5.25. The van der Waals surface area contributed by atoms with Crippen LogP contribution in [-0.2, 0) is 14.3 Å². The smallest absolute Gasteiger partial charge is 0.320 e. The third-order valence-corrected chi connectivity index (χ3v) is 2.62. The number of hydrogen-bond donors (Lipinski definition) is 1. The third kappa shape index (κ3) is 4.34. The second-order valence-electron chi connectivity index (χ2n) is 5.25. The van der Waals surface area contributed by atoms with E-state index >= 15 is 0 Å². The number of carbonyl (C=O) groups excluding carboxylic acids is 2. The molecule has 1 fully saturated rings. The van der Waals surface area contributed by atoms with Gasteiger partial charge in [-0.15, -0.1) is 0 Å². The largest absolute Gasteiger partial charge is 0.459 e. The molecule has 0 bridgehead atoms. The second kappa shape index (κ2) is 5.49. The molecule has 0 saturated carbocycles. The highest BCUT2D eigenvalue weighted by Crippen LogP contribution is 2.12. The molecule has 0 aromatic carbocycles. The lowest BCUT2D eigenvalue weighted by atomic mass is 10.2. The van der Waals surface area contributed by atoms with E-state index in [2.05, 4.69) is 5.32 Å². The van der Waals surface area contributed by atoms with Crippen molar-refractivity contribution in [2.75, 3.05) is 19.6 Å². The number of hydrogen-bond acceptors (Lipinski definition) is 4. The summed E-state index contributed by atoms with van der Waals surface area (Å²) in [6, 6.07) is -0.187. The van der Waals surface area contributed by atoms with Crippen LogP contribution in [0.5, 0.6) is 0 Å². The first-order chi connectivity index (χ1) is 7.83.